The van der Waals surface area contributed by atoms with Crippen molar-refractivity contribution in [1.29, 1.82) is 0 Å². The molecule has 4 nitrogen and oxygen atoms in total. The maximum atomic E-state index is 15.0. The summed E-state index contributed by atoms with van der Waals surface area (Å²) >= 11 is -1.78. The first-order chi connectivity index (χ1) is 14.8. The maximum absolute atomic E-state index is 15.0. The molecule has 0 bridgehead atoms. The van der Waals surface area contributed by atoms with Gasteiger partial charge in [-0.05, 0) is 39.3 Å². The summed E-state index contributed by atoms with van der Waals surface area (Å²) < 4.78 is 64.1. The number of halogens is 3. The number of carbonyl (C=O) groups is 1. The highest BCUT2D eigenvalue weighted by molar-refractivity contribution is 7.90. The summed E-state index contributed by atoms with van der Waals surface area (Å²) in [6.45, 7) is 6.45. The molecule has 174 valence electrons. The lowest BCUT2D eigenvalue weighted by molar-refractivity contribution is -0.217. The van der Waals surface area contributed by atoms with Gasteiger partial charge in [0.05, 0.1) is 0 Å². The van der Waals surface area contributed by atoms with Gasteiger partial charge in [-0.15, -0.1) is 4.72 Å². The monoisotopic (exact) mass is 467 g/mol. The Kier molecular flexibility index (Phi) is 6.71. The molecule has 8 heteroatoms. The van der Waals surface area contributed by atoms with Crippen molar-refractivity contribution in [2.45, 2.75) is 63.4 Å². The van der Waals surface area contributed by atoms with E-state index in [2.05, 4.69) is 4.72 Å². The molecule has 0 radical (unpaired) electrons. The Morgan fingerprint density at radius 3 is 2.16 bits per heavy atom. The minimum atomic E-state index is -3.12. The summed E-state index contributed by atoms with van der Waals surface area (Å²) in [7, 11) is 0. The van der Waals surface area contributed by atoms with Crippen molar-refractivity contribution >= 4 is 17.3 Å². The predicted molar refractivity (Wildman–Crippen MR) is 118 cm³/mol. The van der Waals surface area contributed by atoms with Crippen LogP contribution >= 0.6 is 0 Å². The third-order valence-corrected chi connectivity index (χ3v) is 7.65. The molecule has 1 N–H and O–H groups in total. The number of ether oxygens (including phenoxy) is 1. The average molecular weight is 468 g/mol. The average Bonchev–Trinajstić information content (AvgIpc) is 2.70. The van der Waals surface area contributed by atoms with Crippen molar-refractivity contribution in [2.24, 2.45) is 5.41 Å². The second kappa shape index (κ2) is 8.72. The normalized spacial score (nSPS) is 20.0. The van der Waals surface area contributed by atoms with E-state index >= 15 is 0 Å². The van der Waals surface area contributed by atoms with E-state index in [0.717, 1.165) is 0 Å². The highest BCUT2D eigenvalue weighted by Gasteiger charge is 2.72. The van der Waals surface area contributed by atoms with Crippen molar-refractivity contribution in [2.75, 3.05) is 0 Å². The van der Waals surface area contributed by atoms with Crippen molar-refractivity contribution in [3.8, 4) is 0 Å². The van der Waals surface area contributed by atoms with Gasteiger partial charge in [-0.3, -0.25) is 4.79 Å². The molecular formula is C24H28F3NO3S. The molecule has 0 spiro atoms. The van der Waals surface area contributed by atoms with E-state index in [1.165, 1.54) is 25.1 Å². The SMILES string of the molecule is CC(C)(C)[S+]([O-])N[C@](C)(c1ccccc1F)C1(C(=O)OCc2ccccc2)CC(F)(F)C1. The van der Waals surface area contributed by atoms with Gasteiger partial charge < -0.3 is 9.29 Å². The van der Waals surface area contributed by atoms with Crippen molar-refractivity contribution in [1.82, 2.24) is 4.72 Å². The summed E-state index contributed by atoms with van der Waals surface area (Å²) in [4.78, 5) is 13.4. The first-order valence-electron chi connectivity index (χ1n) is 10.3. The number of nitrogens with one attached hydrogen (secondary N) is 1. The van der Waals surface area contributed by atoms with E-state index in [-0.39, 0.29) is 12.2 Å². The molecule has 0 heterocycles. The molecule has 0 amide bonds. The van der Waals surface area contributed by atoms with Crippen LogP contribution in [0.2, 0.25) is 0 Å². The van der Waals surface area contributed by atoms with Crippen LogP contribution in [-0.4, -0.2) is 21.2 Å². The molecule has 2 aromatic carbocycles. The first kappa shape index (κ1) is 24.6. The molecule has 0 saturated heterocycles. The number of hydrogen-bond donors (Lipinski definition) is 1. The molecule has 1 fully saturated rings. The van der Waals surface area contributed by atoms with Crippen molar-refractivity contribution in [3.05, 3.63) is 71.5 Å². The fourth-order valence-electron chi connectivity index (χ4n) is 4.01. The van der Waals surface area contributed by atoms with Gasteiger partial charge in [0.2, 0.25) is 0 Å². The van der Waals surface area contributed by atoms with E-state index in [1.54, 1.807) is 57.2 Å². The summed E-state index contributed by atoms with van der Waals surface area (Å²) in [5, 5.41) is 0. The number of esters is 1. The van der Waals surface area contributed by atoms with Crippen LogP contribution in [0, 0.1) is 11.2 Å². The van der Waals surface area contributed by atoms with E-state index in [1.807, 2.05) is 0 Å². The van der Waals surface area contributed by atoms with Crippen LogP contribution < -0.4 is 4.72 Å². The number of hydrogen-bond acceptors (Lipinski definition) is 4. The molecule has 1 aliphatic carbocycles. The fourth-order valence-corrected chi connectivity index (χ4v) is 4.99. The maximum Gasteiger partial charge on any atom is 0.315 e. The lowest BCUT2D eigenvalue weighted by Crippen LogP contribution is -2.68. The van der Waals surface area contributed by atoms with Crippen LogP contribution in [0.5, 0.6) is 0 Å². The predicted octanol–water partition coefficient (Wildman–Crippen LogP) is 5.25. The van der Waals surface area contributed by atoms with E-state index < -0.39 is 57.6 Å². The molecule has 0 aliphatic heterocycles. The fraction of sp³-hybridized carbons (Fsp3) is 0.458. The first-order valence-corrected chi connectivity index (χ1v) is 11.5. The third kappa shape index (κ3) is 4.67. The van der Waals surface area contributed by atoms with E-state index in [9.17, 15) is 22.5 Å². The van der Waals surface area contributed by atoms with Crippen LogP contribution in [0.1, 0.15) is 51.7 Å². The van der Waals surface area contributed by atoms with Crippen LogP contribution in [0.25, 0.3) is 0 Å². The van der Waals surface area contributed by atoms with Crippen LogP contribution in [0.3, 0.4) is 0 Å². The van der Waals surface area contributed by atoms with Crippen molar-refractivity contribution < 1.29 is 27.3 Å². The smallest absolute Gasteiger partial charge is 0.315 e. The standard InChI is InChI=1S/C24H28F3NO3S/c1-21(2,3)32(30)28-22(4,18-12-8-9-13-19(18)25)23(15-24(26,27)16-23)20(29)31-14-17-10-6-5-7-11-17/h5-13,28H,14-16H2,1-4H3/t22-,32?/m1/s1. The van der Waals surface area contributed by atoms with Gasteiger partial charge in [-0.25, -0.2) is 13.2 Å². The van der Waals surface area contributed by atoms with Gasteiger partial charge in [0.15, 0.2) is 0 Å². The Hall–Kier alpha value is -2.03. The number of alkyl halides is 2. The Bertz CT molecular complexity index is 956. The molecular weight excluding hydrogens is 439 g/mol. The molecule has 32 heavy (non-hydrogen) atoms. The van der Waals surface area contributed by atoms with Crippen molar-refractivity contribution in [3.63, 3.8) is 0 Å². The lowest BCUT2D eigenvalue weighted by Gasteiger charge is -2.55. The number of carbonyl (C=O) groups excluding carboxylic acids is 1. The Morgan fingerprint density at radius 1 is 1.06 bits per heavy atom. The molecule has 3 rings (SSSR count). The van der Waals surface area contributed by atoms with Gasteiger partial charge in [-0.2, -0.15) is 0 Å². The second-order valence-electron chi connectivity index (χ2n) is 9.44. The molecule has 1 unspecified atom stereocenters. The highest BCUT2D eigenvalue weighted by Crippen LogP contribution is 2.62. The molecule has 1 aliphatic rings. The van der Waals surface area contributed by atoms with Gasteiger partial charge in [0.1, 0.15) is 28.1 Å². The van der Waals surface area contributed by atoms with Gasteiger partial charge >= 0.3 is 5.97 Å². The van der Waals surface area contributed by atoms with Gasteiger partial charge in [0.25, 0.3) is 5.92 Å². The second-order valence-corrected chi connectivity index (χ2v) is 11.4. The Labute approximate surface area is 189 Å². The minimum Gasteiger partial charge on any atom is -0.598 e. The molecule has 0 aromatic heterocycles. The van der Waals surface area contributed by atoms with Gasteiger partial charge in [0, 0.05) is 29.8 Å². The van der Waals surface area contributed by atoms with Crippen LogP contribution in [0.15, 0.2) is 54.6 Å². The number of rotatable bonds is 7. The van der Waals surface area contributed by atoms with Crippen LogP contribution in [0.4, 0.5) is 13.2 Å². The lowest BCUT2D eigenvalue weighted by atomic mass is 9.54. The summed E-state index contributed by atoms with van der Waals surface area (Å²) in [5.74, 6) is -4.68. The minimum absolute atomic E-state index is 0.00948. The summed E-state index contributed by atoms with van der Waals surface area (Å²) in [6, 6.07) is 14.5. The molecule has 2 aromatic rings. The zero-order chi connectivity index (χ0) is 23.8. The largest absolute Gasteiger partial charge is 0.598 e. The summed E-state index contributed by atoms with van der Waals surface area (Å²) in [6.07, 6.45) is -1.68. The summed E-state index contributed by atoms with van der Waals surface area (Å²) in [5.41, 5.74) is -2.83. The molecule has 2 atom stereocenters. The van der Waals surface area contributed by atoms with E-state index in [4.69, 9.17) is 4.74 Å². The Morgan fingerprint density at radius 2 is 1.62 bits per heavy atom. The van der Waals surface area contributed by atoms with E-state index in [0.29, 0.717) is 5.56 Å². The number of benzene rings is 2. The zero-order valence-corrected chi connectivity index (χ0v) is 19.4. The third-order valence-electron chi connectivity index (χ3n) is 5.95. The quantitative estimate of drug-likeness (QED) is 0.446. The zero-order valence-electron chi connectivity index (χ0n) is 18.6. The topological polar surface area (TPSA) is 61.4 Å². The van der Waals surface area contributed by atoms with Gasteiger partial charge in [-0.1, -0.05) is 48.5 Å². The molecule has 1 saturated carbocycles. The highest BCUT2D eigenvalue weighted by atomic mass is 32.2. The Balaban J connectivity index is 2.04. The van der Waals surface area contributed by atoms with Crippen LogP contribution in [-0.2, 0) is 33.0 Å².